The molecule has 0 aromatic rings. The lowest BCUT2D eigenvalue weighted by molar-refractivity contribution is -0.0831. The van der Waals surface area contributed by atoms with E-state index in [2.05, 4.69) is 4.74 Å². The van der Waals surface area contributed by atoms with Gasteiger partial charge in [0.2, 0.25) is 0 Å². The maximum atomic E-state index is 12.6. The van der Waals surface area contributed by atoms with Crippen LogP contribution in [0.15, 0.2) is 0 Å². The summed E-state index contributed by atoms with van der Waals surface area (Å²) in [5.41, 5.74) is 3.98. The maximum absolute atomic E-state index is 12.6. The number of hydrogen-bond donors (Lipinski definition) is 1. The first-order valence-electron chi connectivity index (χ1n) is 5.87. The van der Waals surface area contributed by atoms with E-state index in [0.29, 0.717) is 13.0 Å². The molecule has 1 amide bonds. The second kappa shape index (κ2) is 6.79. The predicted molar refractivity (Wildman–Crippen MR) is 64.6 cm³/mol. The number of amides is 1. The molecule has 0 saturated carbocycles. The van der Waals surface area contributed by atoms with Gasteiger partial charge in [0.25, 0.3) is 0 Å². The molecule has 0 radical (unpaired) electrons. The third-order valence-corrected chi connectivity index (χ3v) is 2.80. The van der Waals surface area contributed by atoms with Gasteiger partial charge in [-0.25, -0.2) is 4.79 Å². The van der Waals surface area contributed by atoms with Crippen molar-refractivity contribution >= 4 is 6.09 Å². The van der Waals surface area contributed by atoms with Gasteiger partial charge in [0, 0.05) is 11.8 Å². The summed E-state index contributed by atoms with van der Waals surface area (Å²) >= 11 is 0. The third-order valence-electron chi connectivity index (χ3n) is 2.80. The van der Waals surface area contributed by atoms with E-state index in [0.717, 1.165) is 6.42 Å². The molecule has 0 aliphatic carbocycles. The van der Waals surface area contributed by atoms with E-state index in [9.17, 15) is 9.18 Å². The van der Waals surface area contributed by atoms with E-state index in [4.69, 9.17) is 10.5 Å². The zero-order chi connectivity index (χ0) is 13.5. The molecule has 0 aromatic heterocycles. The second-order valence-corrected chi connectivity index (χ2v) is 5.31. The van der Waals surface area contributed by atoms with Crippen LogP contribution in [0.1, 0.15) is 40.5 Å². The Morgan fingerprint density at radius 2 is 1.94 bits per heavy atom. The third kappa shape index (κ3) is 7.15. The normalized spacial score (nSPS) is 15.4. The van der Waals surface area contributed by atoms with E-state index in [1.165, 1.54) is 0 Å². The van der Waals surface area contributed by atoms with Crippen LogP contribution in [0.2, 0.25) is 0 Å². The Hall–Kier alpha value is -0.840. The van der Waals surface area contributed by atoms with Crippen molar-refractivity contribution in [3.63, 3.8) is 0 Å². The van der Waals surface area contributed by atoms with Crippen molar-refractivity contribution in [3.05, 3.63) is 0 Å². The number of hydrogen-bond acceptors (Lipinski definition) is 3. The van der Waals surface area contributed by atoms with Crippen LogP contribution >= 0.6 is 0 Å². The molecular formula is C12H24FNO3. The van der Waals surface area contributed by atoms with Gasteiger partial charge in [0.1, 0.15) is 0 Å². The van der Waals surface area contributed by atoms with Crippen molar-refractivity contribution in [3.8, 4) is 0 Å². The van der Waals surface area contributed by atoms with Crippen LogP contribution < -0.4 is 5.73 Å². The smallest absolute Gasteiger partial charge is 0.404 e. The fourth-order valence-corrected chi connectivity index (χ4v) is 1.13. The summed E-state index contributed by atoms with van der Waals surface area (Å²) < 4.78 is 23.1. The Balaban J connectivity index is 4.13. The van der Waals surface area contributed by atoms with Crippen LogP contribution in [0.25, 0.3) is 0 Å². The standard InChI is InChI=1S/C12H24FNO3/c1-5-12(4,6-7-16-10(14)15)17-9-11(2,3)8-13/h5-9H2,1-4H3,(H2,14,15). The number of primary amides is 1. The Kier molecular flexibility index (Phi) is 6.45. The lowest BCUT2D eigenvalue weighted by Gasteiger charge is -2.32. The topological polar surface area (TPSA) is 61.5 Å². The highest BCUT2D eigenvalue weighted by molar-refractivity contribution is 5.64. The van der Waals surface area contributed by atoms with Gasteiger partial charge in [0.05, 0.1) is 25.5 Å². The number of carbonyl (C=O) groups is 1. The molecule has 0 spiro atoms. The SMILES string of the molecule is CCC(C)(CCOC(N)=O)OCC(C)(C)CF. The second-order valence-electron chi connectivity index (χ2n) is 5.31. The number of halogens is 1. The number of carbonyl (C=O) groups excluding carboxylic acids is 1. The van der Waals surface area contributed by atoms with Gasteiger partial charge in [-0.15, -0.1) is 0 Å². The zero-order valence-electron chi connectivity index (χ0n) is 11.2. The highest BCUT2D eigenvalue weighted by Gasteiger charge is 2.27. The highest BCUT2D eigenvalue weighted by atomic mass is 19.1. The van der Waals surface area contributed by atoms with E-state index in [1.807, 2.05) is 27.7 Å². The van der Waals surface area contributed by atoms with Gasteiger partial charge in [-0.05, 0) is 13.3 Å². The summed E-state index contributed by atoms with van der Waals surface area (Å²) in [6.45, 7) is 7.65. The van der Waals surface area contributed by atoms with E-state index in [-0.39, 0.29) is 6.61 Å². The number of nitrogens with two attached hydrogens (primary N) is 1. The Morgan fingerprint density at radius 3 is 2.35 bits per heavy atom. The number of rotatable bonds is 8. The highest BCUT2D eigenvalue weighted by Crippen LogP contribution is 2.25. The summed E-state index contributed by atoms with van der Waals surface area (Å²) in [5, 5.41) is 0. The van der Waals surface area contributed by atoms with Gasteiger partial charge < -0.3 is 15.2 Å². The summed E-state index contributed by atoms with van der Waals surface area (Å²) in [6.07, 6.45) is 0.527. The van der Waals surface area contributed by atoms with Crippen LogP contribution in [0.3, 0.4) is 0 Å². The van der Waals surface area contributed by atoms with Crippen LogP contribution in [0, 0.1) is 5.41 Å². The molecule has 5 heteroatoms. The Labute approximate surface area is 103 Å². The summed E-state index contributed by atoms with van der Waals surface area (Å²) in [4.78, 5) is 10.4. The van der Waals surface area contributed by atoms with Gasteiger partial charge in [-0.2, -0.15) is 0 Å². The monoisotopic (exact) mass is 249 g/mol. The van der Waals surface area contributed by atoms with E-state index in [1.54, 1.807) is 0 Å². The summed E-state index contributed by atoms with van der Waals surface area (Å²) in [5.74, 6) is 0. The maximum Gasteiger partial charge on any atom is 0.404 e. The lowest BCUT2D eigenvalue weighted by atomic mass is 9.95. The molecule has 0 bridgehead atoms. The Morgan fingerprint density at radius 1 is 1.35 bits per heavy atom. The van der Waals surface area contributed by atoms with Crippen molar-refractivity contribution < 1.29 is 18.7 Å². The number of ether oxygens (including phenoxy) is 2. The lowest BCUT2D eigenvalue weighted by Crippen LogP contribution is -2.35. The largest absolute Gasteiger partial charge is 0.450 e. The predicted octanol–water partition coefficient (Wildman–Crippen LogP) is 2.65. The fourth-order valence-electron chi connectivity index (χ4n) is 1.13. The molecule has 102 valence electrons. The van der Waals surface area contributed by atoms with Crippen molar-refractivity contribution in [2.24, 2.45) is 11.1 Å². The van der Waals surface area contributed by atoms with Crippen LogP contribution in [-0.2, 0) is 9.47 Å². The molecule has 0 fully saturated rings. The van der Waals surface area contributed by atoms with Crippen molar-refractivity contribution in [2.75, 3.05) is 19.9 Å². The zero-order valence-corrected chi connectivity index (χ0v) is 11.2. The van der Waals surface area contributed by atoms with Crippen LogP contribution in [0.5, 0.6) is 0 Å². The first-order chi connectivity index (χ1) is 7.74. The van der Waals surface area contributed by atoms with E-state index < -0.39 is 23.8 Å². The van der Waals surface area contributed by atoms with Crippen molar-refractivity contribution in [1.29, 1.82) is 0 Å². The molecule has 0 aliphatic heterocycles. The van der Waals surface area contributed by atoms with Crippen molar-refractivity contribution in [2.45, 2.75) is 46.1 Å². The molecule has 1 unspecified atom stereocenters. The average molecular weight is 249 g/mol. The molecular weight excluding hydrogens is 225 g/mol. The van der Waals surface area contributed by atoms with Crippen LogP contribution in [-0.4, -0.2) is 31.6 Å². The molecule has 2 N–H and O–H groups in total. The molecule has 0 aliphatic rings. The molecule has 0 aromatic carbocycles. The molecule has 1 atom stereocenters. The minimum atomic E-state index is -0.785. The van der Waals surface area contributed by atoms with Gasteiger partial charge >= 0.3 is 6.09 Å². The minimum absolute atomic E-state index is 0.218. The van der Waals surface area contributed by atoms with Gasteiger partial charge in [-0.3, -0.25) is 4.39 Å². The summed E-state index contributed by atoms with van der Waals surface area (Å²) in [6, 6.07) is 0. The number of alkyl halides is 1. The molecule has 0 rings (SSSR count). The Bertz CT molecular complexity index is 246. The fraction of sp³-hybridized carbons (Fsp3) is 0.917. The minimum Gasteiger partial charge on any atom is -0.450 e. The molecule has 4 nitrogen and oxygen atoms in total. The molecule has 17 heavy (non-hydrogen) atoms. The van der Waals surface area contributed by atoms with Gasteiger partial charge in [0.15, 0.2) is 0 Å². The van der Waals surface area contributed by atoms with Gasteiger partial charge in [-0.1, -0.05) is 20.8 Å². The van der Waals surface area contributed by atoms with Crippen LogP contribution in [0.4, 0.5) is 9.18 Å². The first kappa shape index (κ1) is 16.2. The van der Waals surface area contributed by atoms with Crippen molar-refractivity contribution in [1.82, 2.24) is 0 Å². The summed E-state index contributed by atoms with van der Waals surface area (Å²) in [7, 11) is 0. The van der Waals surface area contributed by atoms with E-state index >= 15 is 0 Å². The quantitative estimate of drug-likeness (QED) is 0.719. The average Bonchev–Trinajstić information content (AvgIpc) is 2.26. The molecule has 0 heterocycles. The first-order valence-corrected chi connectivity index (χ1v) is 5.87. The molecule has 0 saturated heterocycles.